The van der Waals surface area contributed by atoms with Crippen molar-refractivity contribution in [1.29, 1.82) is 0 Å². The van der Waals surface area contributed by atoms with Gasteiger partial charge in [-0.2, -0.15) is 5.10 Å². The number of aliphatic imine (C=N–C) groups is 1. The summed E-state index contributed by atoms with van der Waals surface area (Å²) in [7, 11) is 0. The molecule has 0 amide bonds. The summed E-state index contributed by atoms with van der Waals surface area (Å²) in [6.07, 6.45) is 3.87. The quantitative estimate of drug-likeness (QED) is 0.300. The van der Waals surface area contributed by atoms with Crippen molar-refractivity contribution in [2.45, 2.75) is 6.92 Å². The minimum atomic E-state index is 0. The molecule has 2 heterocycles. The molecule has 0 radical (unpaired) electrons. The van der Waals surface area contributed by atoms with Gasteiger partial charge in [0, 0.05) is 23.5 Å². The highest BCUT2D eigenvalue weighted by Crippen LogP contribution is 2.29. The van der Waals surface area contributed by atoms with Crippen LogP contribution < -0.4 is 0 Å². The molecule has 148 valence electrons. The first kappa shape index (κ1) is 20.0. The average Bonchev–Trinajstić information content (AvgIpc) is 3.37. The molecule has 5 rings (SSSR count). The topological polar surface area (TPSA) is 43.1 Å². The van der Waals surface area contributed by atoms with Crippen molar-refractivity contribution in [2.24, 2.45) is 4.99 Å². The Labute approximate surface area is 185 Å². The highest BCUT2D eigenvalue weighted by atomic mass is 35.5. The molecule has 30 heavy (non-hydrogen) atoms. The molecule has 0 aliphatic rings. The second kappa shape index (κ2) is 8.61. The maximum absolute atomic E-state index is 4.83. The van der Waals surface area contributed by atoms with Gasteiger partial charge in [0.1, 0.15) is 5.69 Å². The summed E-state index contributed by atoms with van der Waals surface area (Å²) in [5.74, 6) is 0. The molecule has 0 saturated heterocycles. The van der Waals surface area contributed by atoms with Gasteiger partial charge in [-0.25, -0.2) is 14.7 Å². The largest absolute Gasteiger partial charge is 0.240 e. The second-order valence-electron chi connectivity index (χ2n) is 6.81. The number of benzene rings is 3. The summed E-state index contributed by atoms with van der Waals surface area (Å²) in [5, 5.41) is 5.57. The van der Waals surface area contributed by atoms with Crippen molar-refractivity contribution in [3.05, 3.63) is 96.2 Å². The zero-order valence-corrected chi connectivity index (χ0v) is 17.9. The predicted molar refractivity (Wildman–Crippen MR) is 128 cm³/mol. The van der Waals surface area contributed by atoms with E-state index in [0.29, 0.717) is 0 Å². The molecule has 0 spiro atoms. The fourth-order valence-corrected chi connectivity index (χ4v) is 4.12. The van der Waals surface area contributed by atoms with E-state index in [9.17, 15) is 0 Å². The van der Waals surface area contributed by atoms with Crippen molar-refractivity contribution in [1.82, 2.24) is 14.8 Å². The Morgan fingerprint density at radius 3 is 2.43 bits per heavy atom. The molecular weight excluding hydrogens is 412 g/mol. The van der Waals surface area contributed by atoms with Crippen molar-refractivity contribution in [3.63, 3.8) is 0 Å². The molecule has 2 aromatic heterocycles. The first-order valence-corrected chi connectivity index (χ1v) is 10.2. The molecule has 0 unspecified atom stereocenters. The lowest BCUT2D eigenvalue weighted by molar-refractivity contribution is 0.884. The highest BCUT2D eigenvalue weighted by Gasteiger charge is 2.11. The molecule has 0 atom stereocenters. The van der Waals surface area contributed by atoms with Crippen LogP contribution in [0.4, 0.5) is 5.13 Å². The van der Waals surface area contributed by atoms with Gasteiger partial charge in [-0.1, -0.05) is 65.9 Å². The van der Waals surface area contributed by atoms with Crippen LogP contribution in [0.1, 0.15) is 11.1 Å². The maximum Gasteiger partial charge on any atom is 0.210 e. The SMILES string of the molecule is Cc1ccc2nc(N=Cc3cn(-c4ccccc4)nc3-c3ccccc3)sc2c1.Cl. The number of aromatic nitrogens is 3. The smallest absolute Gasteiger partial charge is 0.210 e. The van der Waals surface area contributed by atoms with E-state index >= 15 is 0 Å². The Morgan fingerprint density at radius 1 is 0.933 bits per heavy atom. The van der Waals surface area contributed by atoms with Gasteiger partial charge in [0.15, 0.2) is 0 Å². The van der Waals surface area contributed by atoms with Crippen LogP contribution in [0, 0.1) is 6.92 Å². The van der Waals surface area contributed by atoms with Crippen molar-refractivity contribution in [3.8, 4) is 16.9 Å². The van der Waals surface area contributed by atoms with Crippen LogP contribution in [0.15, 0.2) is 90.1 Å². The number of halogens is 1. The normalized spacial score (nSPS) is 11.1. The molecule has 0 saturated carbocycles. The van der Waals surface area contributed by atoms with E-state index in [1.807, 2.05) is 71.7 Å². The molecule has 0 aliphatic heterocycles. The lowest BCUT2D eigenvalue weighted by atomic mass is 10.1. The van der Waals surface area contributed by atoms with Crippen LogP contribution in [0.5, 0.6) is 0 Å². The molecule has 6 heteroatoms. The summed E-state index contributed by atoms with van der Waals surface area (Å²) in [5.41, 5.74) is 6.14. The molecule has 0 bridgehead atoms. The number of thiazole rings is 1. The van der Waals surface area contributed by atoms with Gasteiger partial charge >= 0.3 is 0 Å². The Kier molecular flexibility index (Phi) is 5.74. The average molecular weight is 431 g/mol. The van der Waals surface area contributed by atoms with Gasteiger partial charge in [0.2, 0.25) is 5.13 Å². The van der Waals surface area contributed by atoms with Crippen LogP contribution in [0.3, 0.4) is 0 Å². The van der Waals surface area contributed by atoms with E-state index < -0.39 is 0 Å². The number of hydrogen-bond acceptors (Lipinski definition) is 4. The van der Waals surface area contributed by atoms with Gasteiger partial charge in [0.05, 0.1) is 15.9 Å². The molecule has 0 aliphatic carbocycles. The van der Waals surface area contributed by atoms with Gasteiger partial charge in [-0.15, -0.1) is 12.4 Å². The zero-order chi connectivity index (χ0) is 19.6. The summed E-state index contributed by atoms with van der Waals surface area (Å²) >= 11 is 1.60. The minimum Gasteiger partial charge on any atom is -0.240 e. The van der Waals surface area contributed by atoms with Gasteiger partial charge in [-0.05, 0) is 36.8 Å². The number of para-hydroxylation sites is 1. The molecule has 0 N–H and O–H groups in total. The Hall–Kier alpha value is -3.28. The van der Waals surface area contributed by atoms with E-state index in [1.54, 1.807) is 11.3 Å². The Balaban J connectivity index is 0.00000218. The van der Waals surface area contributed by atoms with E-state index in [4.69, 9.17) is 5.10 Å². The summed E-state index contributed by atoms with van der Waals surface area (Å²) in [4.78, 5) is 9.30. The standard InChI is InChI=1S/C24H18N4S.ClH/c1-17-12-13-21-22(14-17)29-24(26-21)25-15-19-16-28(20-10-6-3-7-11-20)27-23(19)18-8-4-2-5-9-18;/h2-16H,1H3;1H. The summed E-state index contributed by atoms with van der Waals surface area (Å²) in [6, 6.07) is 26.6. The van der Waals surface area contributed by atoms with E-state index in [-0.39, 0.29) is 12.4 Å². The third-order valence-corrected chi connectivity index (χ3v) is 5.58. The van der Waals surface area contributed by atoms with Gasteiger partial charge in [-0.3, -0.25) is 0 Å². The number of nitrogens with zero attached hydrogens (tertiary/aromatic N) is 4. The lowest BCUT2D eigenvalue weighted by Gasteiger charge is -2.00. The van der Waals surface area contributed by atoms with Crippen LogP contribution in [-0.4, -0.2) is 21.0 Å². The van der Waals surface area contributed by atoms with Gasteiger partial charge in [0.25, 0.3) is 0 Å². The number of rotatable bonds is 4. The lowest BCUT2D eigenvalue weighted by Crippen LogP contribution is -1.93. The molecule has 0 fully saturated rings. The van der Waals surface area contributed by atoms with E-state index in [1.165, 1.54) is 5.56 Å². The predicted octanol–water partition coefficient (Wildman–Crippen LogP) is 6.63. The number of fused-ring (bicyclic) bond motifs is 1. The molecule has 3 aromatic carbocycles. The highest BCUT2D eigenvalue weighted by molar-refractivity contribution is 7.22. The second-order valence-corrected chi connectivity index (χ2v) is 7.81. The number of aryl methyl sites for hydroxylation is 1. The first-order valence-electron chi connectivity index (χ1n) is 9.38. The monoisotopic (exact) mass is 430 g/mol. The minimum absolute atomic E-state index is 0. The van der Waals surface area contributed by atoms with Gasteiger partial charge < -0.3 is 0 Å². The van der Waals surface area contributed by atoms with Crippen LogP contribution >= 0.6 is 23.7 Å². The number of hydrogen-bond donors (Lipinski definition) is 0. The van der Waals surface area contributed by atoms with Crippen molar-refractivity contribution >= 4 is 45.3 Å². The summed E-state index contributed by atoms with van der Waals surface area (Å²) in [6.45, 7) is 2.09. The van der Waals surface area contributed by atoms with Crippen molar-refractivity contribution < 1.29 is 0 Å². The van der Waals surface area contributed by atoms with Crippen LogP contribution in [-0.2, 0) is 0 Å². The molecule has 4 nitrogen and oxygen atoms in total. The fraction of sp³-hybridized carbons (Fsp3) is 0.0417. The summed E-state index contributed by atoms with van der Waals surface area (Å²) < 4.78 is 3.05. The van der Waals surface area contributed by atoms with E-state index in [2.05, 4.69) is 41.2 Å². The zero-order valence-electron chi connectivity index (χ0n) is 16.3. The molecular formula is C24H19ClN4S. The van der Waals surface area contributed by atoms with Crippen LogP contribution in [0.25, 0.3) is 27.2 Å². The van der Waals surface area contributed by atoms with E-state index in [0.717, 1.165) is 37.9 Å². The van der Waals surface area contributed by atoms with Crippen LogP contribution in [0.2, 0.25) is 0 Å². The first-order chi connectivity index (χ1) is 14.3. The Bertz CT molecular complexity index is 1310. The third kappa shape index (κ3) is 4.03. The Morgan fingerprint density at radius 2 is 1.67 bits per heavy atom. The third-order valence-electron chi connectivity index (χ3n) is 4.66. The van der Waals surface area contributed by atoms with Crippen molar-refractivity contribution in [2.75, 3.05) is 0 Å². The fourth-order valence-electron chi connectivity index (χ4n) is 3.21. The maximum atomic E-state index is 4.83. The molecule has 5 aromatic rings.